The van der Waals surface area contributed by atoms with Gasteiger partial charge in [-0.05, 0) is 30.4 Å². The number of aromatic nitrogens is 4. The molecule has 98 valence electrons. The van der Waals surface area contributed by atoms with E-state index in [4.69, 9.17) is 5.73 Å². The van der Waals surface area contributed by atoms with Gasteiger partial charge in [0.2, 0.25) is 0 Å². The number of hydrogen-bond donors (Lipinski definition) is 1. The van der Waals surface area contributed by atoms with E-state index in [2.05, 4.69) is 28.5 Å². The molecule has 18 heavy (non-hydrogen) atoms. The molecule has 0 bridgehead atoms. The van der Waals surface area contributed by atoms with E-state index in [1.807, 2.05) is 16.9 Å². The summed E-state index contributed by atoms with van der Waals surface area (Å²) >= 11 is 1.35. The van der Waals surface area contributed by atoms with Gasteiger partial charge < -0.3 is 5.73 Å². The zero-order valence-electron chi connectivity index (χ0n) is 10.8. The van der Waals surface area contributed by atoms with Crippen molar-refractivity contribution in [2.24, 2.45) is 5.73 Å². The molecule has 0 aliphatic carbocycles. The van der Waals surface area contributed by atoms with Crippen molar-refractivity contribution in [3.8, 4) is 0 Å². The maximum Gasteiger partial charge on any atom is 0.0669 e. The zero-order valence-corrected chi connectivity index (χ0v) is 11.6. The second-order valence-electron chi connectivity index (χ2n) is 4.39. The molecular formula is C12H19N5S. The summed E-state index contributed by atoms with van der Waals surface area (Å²) in [5.41, 5.74) is 7.13. The lowest BCUT2D eigenvalue weighted by molar-refractivity contribution is 0.424. The fourth-order valence-corrected chi connectivity index (χ4v) is 2.52. The van der Waals surface area contributed by atoms with Crippen LogP contribution in [0.4, 0.5) is 0 Å². The van der Waals surface area contributed by atoms with Crippen LogP contribution < -0.4 is 5.73 Å². The Hall–Kier alpha value is -1.27. The second-order valence-corrected chi connectivity index (χ2v) is 5.21. The van der Waals surface area contributed by atoms with Crippen LogP contribution in [0.25, 0.3) is 0 Å². The molecule has 0 spiro atoms. The van der Waals surface area contributed by atoms with Gasteiger partial charge in [0, 0.05) is 18.7 Å². The summed E-state index contributed by atoms with van der Waals surface area (Å²) in [5, 5.41) is 8.41. The van der Waals surface area contributed by atoms with Crippen molar-refractivity contribution < 1.29 is 0 Å². The third-order valence-corrected chi connectivity index (χ3v) is 3.95. The molecule has 0 fully saturated rings. The van der Waals surface area contributed by atoms with E-state index in [1.165, 1.54) is 11.5 Å². The fraction of sp³-hybridized carbons (Fsp3) is 0.583. The Morgan fingerprint density at radius 2 is 2.17 bits per heavy atom. The van der Waals surface area contributed by atoms with Crippen LogP contribution in [0.5, 0.6) is 0 Å². The van der Waals surface area contributed by atoms with E-state index in [9.17, 15) is 0 Å². The van der Waals surface area contributed by atoms with E-state index in [0.29, 0.717) is 6.04 Å². The Balaban J connectivity index is 2.02. The highest BCUT2D eigenvalue weighted by molar-refractivity contribution is 7.05. The minimum absolute atomic E-state index is 0.0601. The Morgan fingerprint density at radius 1 is 1.39 bits per heavy atom. The minimum Gasteiger partial charge on any atom is -0.323 e. The maximum absolute atomic E-state index is 6.10. The Labute approximate surface area is 111 Å². The van der Waals surface area contributed by atoms with Crippen LogP contribution in [0.15, 0.2) is 18.5 Å². The predicted molar refractivity (Wildman–Crippen MR) is 72.4 cm³/mol. The van der Waals surface area contributed by atoms with Crippen LogP contribution >= 0.6 is 11.5 Å². The van der Waals surface area contributed by atoms with Gasteiger partial charge in [-0.1, -0.05) is 18.3 Å². The molecule has 0 aromatic carbocycles. The number of hydrogen-bond acceptors (Lipinski definition) is 5. The average molecular weight is 265 g/mol. The number of rotatable bonds is 6. The highest BCUT2D eigenvalue weighted by atomic mass is 32.1. The van der Waals surface area contributed by atoms with Crippen LogP contribution in [0.1, 0.15) is 49.3 Å². The van der Waals surface area contributed by atoms with E-state index < -0.39 is 0 Å². The topological polar surface area (TPSA) is 69.6 Å². The van der Waals surface area contributed by atoms with E-state index in [0.717, 1.165) is 29.8 Å². The van der Waals surface area contributed by atoms with Crippen molar-refractivity contribution in [1.82, 2.24) is 19.4 Å². The highest BCUT2D eigenvalue weighted by Crippen LogP contribution is 2.19. The lowest BCUT2D eigenvalue weighted by Gasteiger charge is -2.12. The molecule has 6 heteroatoms. The molecule has 1 unspecified atom stereocenters. The lowest BCUT2D eigenvalue weighted by Crippen LogP contribution is -2.13. The molecule has 0 aliphatic rings. The summed E-state index contributed by atoms with van der Waals surface area (Å²) in [6, 6.07) is 2.47. The normalized spacial score (nSPS) is 13.1. The largest absolute Gasteiger partial charge is 0.323 e. The molecule has 2 N–H and O–H groups in total. The van der Waals surface area contributed by atoms with E-state index >= 15 is 0 Å². The molecule has 0 radical (unpaired) electrons. The van der Waals surface area contributed by atoms with Crippen LogP contribution in [0.2, 0.25) is 0 Å². The first-order valence-corrected chi connectivity index (χ1v) is 7.08. The van der Waals surface area contributed by atoms with Crippen LogP contribution in [-0.4, -0.2) is 19.4 Å². The summed E-state index contributed by atoms with van der Waals surface area (Å²) in [4.78, 5) is 1.01. The van der Waals surface area contributed by atoms with Gasteiger partial charge in [0.1, 0.15) is 0 Å². The van der Waals surface area contributed by atoms with Crippen molar-refractivity contribution in [3.05, 3.63) is 29.0 Å². The van der Waals surface area contributed by atoms with Gasteiger partial charge in [0.15, 0.2) is 0 Å². The Kier molecular flexibility index (Phi) is 4.43. The third kappa shape index (κ3) is 2.94. The van der Waals surface area contributed by atoms with Gasteiger partial charge in [0.25, 0.3) is 0 Å². The molecule has 2 aromatic rings. The van der Waals surface area contributed by atoms with Gasteiger partial charge in [0.05, 0.1) is 22.8 Å². The SMILES string of the molecule is CCC(CC)n1ccc(CC(N)c2cnns2)n1. The summed E-state index contributed by atoms with van der Waals surface area (Å²) in [7, 11) is 0. The van der Waals surface area contributed by atoms with Crippen LogP contribution in [0.3, 0.4) is 0 Å². The van der Waals surface area contributed by atoms with Crippen LogP contribution in [0, 0.1) is 0 Å². The van der Waals surface area contributed by atoms with Crippen LogP contribution in [-0.2, 0) is 6.42 Å². The van der Waals surface area contributed by atoms with E-state index in [-0.39, 0.29) is 6.04 Å². The van der Waals surface area contributed by atoms with Crippen molar-refractivity contribution in [1.29, 1.82) is 0 Å². The van der Waals surface area contributed by atoms with Crippen molar-refractivity contribution >= 4 is 11.5 Å². The molecule has 2 aromatic heterocycles. The first-order chi connectivity index (χ1) is 8.74. The molecular weight excluding hydrogens is 246 g/mol. The average Bonchev–Trinajstić information content (AvgIpc) is 3.01. The molecule has 2 rings (SSSR count). The smallest absolute Gasteiger partial charge is 0.0669 e. The predicted octanol–water partition coefficient (Wildman–Crippen LogP) is 2.34. The van der Waals surface area contributed by atoms with Crippen molar-refractivity contribution in [2.45, 2.75) is 45.2 Å². The summed E-state index contributed by atoms with van der Waals surface area (Å²) < 4.78 is 5.88. The second kappa shape index (κ2) is 6.06. The van der Waals surface area contributed by atoms with Crippen molar-refractivity contribution in [3.63, 3.8) is 0 Å². The monoisotopic (exact) mass is 265 g/mol. The zero-order chi connectivity index (χ0) is 13.0. The number of nitrogens with two attached hydrogens (primary N) is 1. The first kappa shape index (κ1) is 13.2. The first-order valence-electron chi connectivity index (χ1n) is 6.31. The summed E-state index contributed by atoms with van der Waals surface area (Å²) in [6.45, 7) is 4.37. The summed E-state index contributed by atoms with van der Waals surface area (Å²) in [5.74, 6) is 0. The molecule has 0 aliphatic heterocycles. The highest BCUT2D eigenvalue weighted by Gasteiger charge is 2.13. The van der Waals surface area contributed by atoms with E-state index in [1.54, 1.807) is 6.20 Å². The van der Waals surface area contributed by atoms with Gasteiger partial charge in [-0.2, -0.15) is 5.10 Å². The standard InChI is InChI=1S/C12H19N5S/c1-3-10(4-2)17-6-5-9(15-17)7-11(13)12-8-14-16-18-12/h5-6,8,10-11H,3-4,7,13H2,1-2H3. The van der Waals surface area contributed by atoms with Gasteiger partial charge in [-0.25, -0.2) is 0 Å². The van der Waals surface area contributed by atoms with Gasteiger partial charge in [-0.15, -0.1) is 5.10 Å². The molecule has 1 atom stereocenters. The third-order valence-electron chi connectivity index (χ3n) is 3.15. The molecule has 5 nitrogen and oxygen atoms in total. The Morgan fingerprint density at radius 3 is 2.78 bits per heavy atom. The quantitative estimate of drug-likeness (QED) is 0.870. The Bertz CT molecular complexity index is 461. The molecule has 0 saturated heterocycles. The molecule has 2 heterocycles. The molecule has 0 amide bonds. The minimum atomic E-state index is -0.0601. The lowest BCUT2D eigenvalue weighted by atomic mass is 10.1. The van der Waals surface area contributed by atoms with Crippen molar-refractivity contribution in [2.75, 3.05) is 0 Å². The van der Waals surface area contributed by atoms with Gasteiger partial charge >= 0.3 is 0 Å². The molecule has 0 saturated carbocycles. The summed E-state index contributed by atoms with van der Waals surface area (Å²) in [6.07, 6.45) is 6.71. The van der Waals surface area contributed by atoms with Gasteiger partial charge in [-0.3, -0.25) is 4.68 Å². The maximum atomic E-state index is 6.10. The fourth-order valence-electron chi connectivity index (χ4n) is 2.02. The number of nitrogens with zero attached hydrogens (tertiary/aromatic N) is 4.